The monoisotopic (exact) mass is 435 g/mol. The number of nitriles is 1. The maximum Gasteiger partial charge on any atom is 0.261 e. The fourth-order valence-corrected chi connectivity index (χ4v) is 11.8. The summed E-state index contributed by atoms with van der Waals surface area (Å²) in [5, 5.41) is 10.1. The molecular weight excluding hydrogens is 418 g/mol. The van der Waals surface area contributed by atoms with Crippen molar-refractivity contribution in [2.45, 2.75) is 36.1 Å². The van der Waals surface area contributed by atoms with Gasteiger partial charge in [-0.25, -0.2) is 0 Å². The summed E-state index contributed by atoms with van der Waals surface area (Å²) < 4.78 is 10.9. The molecule has 5 rings (SSSR count). The number of likely N-dealkylation sites (N-methyl/N-ethyl adjacent to an activating group) is 1. The Morgan fingerprint density at radius 3 is 2.68 bits per heavy atom. The van der Waals surface area contributed by atoms with Gasteiger partial charge < -0.3 is 19.3 Å². The number of rotatable bonds is 1. The Morgan fingerprint density at radius 2 is 2.00 bits per heavy atom. The van der Waals surface area contributed by atoms with Crippen molar-refractivity contribution < 1.29 is 19.1 Å². The van der Waals surface area contributed by atoms with Crippen LogP contribution in [0, 0.1) is 16.7 Å². The minimum absolute atomic E-state index is 0.125. The maximum atomic E-state index is 13.6. The van der Waals surface area contributed by atoms with Gasteiger partial charge in [0.1, 0.15) is 0 Å². The van der Waals surface area contributed by atoms with Crippen LogP contribution in [0.25, 0.3) is 0 Å². The third-order valence-corrected chi connectivity index (χ3v) is 12.3. The molecule has 1 spiro atoms. The van der Waals surface area contributed by atoms with Gasteiger partial charge >= 0.3 is 0 Å². The molecule has 146 valence electrons. The molecule has 4 heterocycles. The van der Waals surface area contributed by atoms with E-state index in [-0.39, 0.29) is 25.0 Å². The molecule has 3 fully saturated rings. The van der Waals surface area contributed by atoms with Crippen LogP contribution in [0.4, 0.5) is 0 Å². The zero-order valence-electron chi connectivity index (χ0n) is 15.4. The van der Waals surface area contributed by atoms with E-state index in [2.05, 4.69) is 6.07 Å². The van der Waals surface area contributed by atoms with Gasteiger partial charge in [-0.15, -0.1) is 0 Å². The highest BCUT2D eigenvalue weighted by Gasteiger charge is 2.80. The SMILES string of the molecule is CN1C(=O)[C@@]23C[C@](C)(C#N)[C@H](c4ccc5c(c4)OCO5)N2C(=O)[C@@]1(C)S3=S=S. The second kappa shape index (κ2) is 5.34. The van der Waals surface area contributed by atoms with E-state index in [1.165, 1.54) is 4.90 Å². The van der Waals surface area contributed by atoms with Crippen LogP contribution in [0.2, 0.25) is 0 Å². The summed E-state index contributed by atoms with van der Waals surface area (Å²) in [6.07, 6.45) is 0.271. The highest BCUT2D eigenvalue weighted by atomic mass is 33.1. The van der Waals surface area contributed by atoms with Crippen molar-refractivity contribution in [2.75, 3.05) is 13.8 Å². The highest BCUT2D eigenvalue weighted by molar-refractivity contribution is 8.49. The molecule has 2 bridgehead atoms. The minimum Gasteiger partial charge on any atom is -0.454 e. The molecule has 0 N–H and O–H groups in total. The number of carbonyl (C=O) groups excluding carboxylic acids is 2. The summed E-state index contributed by atoms with van der Waals surface area (Å²) in [7, 11) is 2.05. The summed E-state index contributed by atoms with van der Waals surface area (Å²) in [4.78, 5) is 28.2. The molecule has 0 aliphatic carbocycles. The van der Waals surface area contributed by atoms with Crippen LogP contribution in [0.5, 0.6) is 11.5 Å². The van der Waals surface area contributed by atoms with Crippen LogP contribution in [0.15, 0.2) is 18.2 Å². The van der Waals surface area contributed by atoms with Crippen LogP contribution >= 0.6 is 0 Å². The predicted molar refractivity (Wildman–Crippen MR) is 106 cm³/mol. The predicted octanol–water partition coefficient (Wildman–Crippen LogP) is 1.19. The van der Waals surface area contributed by atoms with Crippen LogP contribution in [0.1, 0.15) is 31.9 Å². The first-order chi connectivity index (χ1) is 13.3. The van der Waals surface area contributed by atoms with Gasteiger partial charge in [0.2, 0.25) is 6.79 Å². The van der Waals surface area contributed by atoms with Crippen molar-refractivity contribution in [1.29, 1.82) is 5.26 Å². The van der Waals surface area contributed by atoms with Crippen molar-refractivity contribution >= 4 is 41.3 Å². The summed E-state index contributed by atoms with van der Waals surface area (Å²) in [5.41, 5.74) is -0.162. The summed E-state index contributed by atoms with van der Waals surface area (Å²) in [6, 6.07) is 7.29. The van der Waals surface area contributed by atoms with Crippen molar-refractivity contribution in [3.63, 3.8) is 0 Å². The Kier molecular flexibility index (Phi) is 3.45. The number of benzene rings is 1. The number of ether oxygens (including phenoxy) is 2. The molecule has 3 saturated heterocycles. The molecular formula is C18H17N3O4S3. The zero-order chi connectivity index (χ0) is 20.1. The molecule has 10 heteroatoms. The Hall–Kier alpha value is -1.96. The lowest BCUT2D eigenvalue weighted by atomic mass is 9.79. The Balaban J connectivity index is 1.76. The van der Waals surface area contributed by atoms with E-state index in [9.17, 15) is 14.9 Å². The van der Waals surface area contributed by atoms with E-state index in [4.69, 9.17) is 20.7 Å². The van der Waals surface area contributed by atoms with Crippen molar-refractivity contribution in [1.82, 2.24) is 9.80 Å². The van der Waals surface area contributed by atoms with Crippen LogP contribution in [0.3, 0.4) is 0 Å². The number of amides is 2. The number of hydrogen-bond donors (Lipinski definition) is 0. The fourth-order valence-electron chi connectivity index (χ4n) is 5.05. The van der Waals surface area contributed by atoms with E-state index in [1.54, 1.807) is 24.9 Å². The quantitative estimate of drug-likeness (QED) is 0.659. The fraction of sp³-hybridized carbons (Fsp3) is 0.500. The first-order valence-electron chi connectivity index (χ1n) is 8.73. The first-order valence-corrected chi connectivity index (χ1v) is 12.2. The lowest BCUT2D eigenvalue weighted by Crippen LogP contribution is -2.60. The van der Waals surface area contributed by atoms with Gasteiger partial charge in [-0.2, -0.15) is 5.26 Å². The van der Waals surface area contributed by atoms with E-state index < -0.39 is 30.7 Å². The second-order valence-electron chi connectivity index (χ2n) is 7.86. The van der Waals surface area contributed by atoms with Crippen LogP contribution < -0.4 is 9.47 Å². The standard InChI is InChI=1S/C18H17N3O4S3/c1-16(8-19)7-18-15(23)20(3)17(2,28(18)27-26)14(22)21(18)13(16)10-4-5-11-12(6-10)25-9-24-11/h4-6,13H,7,9H2,1-3H3/t13-,16+,17+,18-,28?/m0/s1. The average molecular weight is 436 g/mol. The molecule has 1 aromatic carbocycles. The lowest BCUT2D eigenvalue weighted by molar-refractivity contribution is -0.159. The van der Waals surface area contributed by atoms with E-state index in [0.717, 1.165) is 14.4 Å². The largest absolute Gasteiger partial charge is 0.454 e. The summed E-state index contributed by atoms with van der Waals surface area (Å²) in [6.45, 7) is 3.76. The van der Waals surface area contributed by atoms with E-state index in [1.807, 2.05) is 19.1 Å². The molecule has 4 aliphatic rings. The van der Waals surface area contributed by atoms with E-state index >= 15 is 0 Å². The molecule has 1 unspecified atom stereocenters. The smallest absolute Gasteiger partial charge is 0.261 e. The molecule has 7 nitrogen and oxygen atoms in total. The summed E-state index contributed by atoms with van der Waals surface area (Å²) >= 11 is 5.34. The lowest BCUT2D eigenvalue weighted by Gasteiger charge is -2.39. The number of piperazine rings is 1. The summed E-state index contributed by atoms with van der Waals surface area (Å²) in [5.74, 6) is 0.951. The molecule has 5 atom stereocenters. The Labute approximate surface area is 172 Å². The van der Waals surface area contributed by atoms with Crippen LogP contribution in [-0.4, -0.2) is 45.2 Å². The molecule has 28 heavy (non-hydrogen) atoms. The van der Waals surface area contributed by atoms with Crippen LogP contribution in [-0.2, 0) is 39.1 Å². The highest BCUT2D eigenvalue weighted by Crippen LogP contribution is 2.65. The number of fused-ring (bicyclic) bond motifs is 2. The third-order valence-electron chi connectivity index (χ3n) is 6.46. The number of carbonyl (C=O) groups is 2. The van der Waals surface area contributed by atoms with Gasteiger partial charge in [-0.3, -0.25) is 9.59 Å². The van der Waals surface area contributed by atoms with Crippen molar-refractivity contribution in [3.05, 3.63) is 23.8 Å². The van der Waals surface area contributed by atoms with E-state index in [0.29, 0.717) is 11.5 Å². The zero-order valence-corrected chi connectivity index (χ0v) is 17.9. The molecule has 0 radical (unpaired) electrons. The van der Waals surface area contributed by atoms with Gasteiger partial charge in [0, 0.05) is 13.5 Å². The Morgan fingerprint density at radius 1 is 1.29 bits per heavy atom. The number of hydrogen-bond acceptors (Lipinski definition) is 6. The molecule has 2 amide bonds. The first kappa shape index (κ1) is 18.1. The van der Waals surface area contributed by atoms with Gasteiger partial charge in [0.15, 0.2) is 21.2 Å². The second-order valence-corrected chi connectivity index (χ2v) is 12.6. The molecule has 4 aliphatic heterocycles. The topological polar surface area (TPSA) is 82.9 Å². The molecule has 0 aromatic heterocycles. The van der Waals surface area contributed by atoms with Crippen molar-refractivity contribution in [2.24, 2.45) is 5.41 Å². The van der Waals surface area contributed by atoms with Gasteiger partial charge in [-0.05, 0) is 61.1 Å². The van der Waals surface area contributed by atoms with Crippen molar-refractivity contribution in [3.8, 4) is 17.6 Å². The van der Waals surface area contributed by atoms with Gasteiger partial charge in [-0.1, -0.05) is 6.07 Å². The minimum atomic E-state index is -1.07. The Bertz CT molecular complexity index is 1080. The maximum absolute atomic E-state index is 13.6. The van der Waals surface area contributed by atoms with Gasteiger partial charge in [0.25, 0.3) is 11.8 Å². The normalized spacial score (nSPS) is 40.1. The molecule has 1 aromatic rings. The average Bonchev–Trinajstić information content (AvgIpc) is 3.34. The third kappa shape index (κ3) is 1.72. The number of nitrogens with zero attached hydrogens (tertiary/aromatic N) is 3. The molecule has 0 saturated carbocycles. The van der Waals surface area contributed by atoms with Gasteiger partial charge in [0.05, 0.1) is 17.5 Å².